The number of nitrogens with zero attached hydrogens (tertiary/aromatic N) is 3. The van der Waals surface area contributed by atoms with Gasteiger partial charge >= 0.3 is 6.09 Å². The van der Waals surface area contributed by atoms with Gasteiger partial charge in [0.1, 0.15) is 5.69 Å². The van der Waals surface area contributed by atoms with Gasteiger partial charge in [0, 0.05) is 24.4 Å². The molecule has 25 heavy (non-hydrogen) atoms. The Hall–Kier alpha value is -3.42. The van der Waals surface area contributed by atoms with Crippen molar-refractivity contribution in [3.8, 4) is 0 Å². The van der Waals surface area contributed by atoms with Crippen molar-refractivity contribution in [2.45, 2.75) is 6.92 Å². The van der Waals surface area contributed by atoms with Crippen molar-refractivity contribution in [3.05, 3.63) is 64.2 Å². The van der Waals surface area contributed by atoms with Crippen LogP contribution in [0.5, 0.6) is 0 Å². The van der Waals surface area contributed by atoms with Crippen LogP contribution < -0.4 is 10.3 Å². The average Bonchev–Trinajstić information content (AvgIpc) is 2.62. The molecule has 0 aliphatic carbocycles. The van der Waals surface area contributed by atoms with Gasteiger partial charge in [-0.05, 0) is 25.1 Å². The molecule has 2 aromatic rings. The number of rotatable bonds is 6. The molecule has 0 atom stereocenters. The minimum absolute atomic E-state index is 0.0635. The standard InChI is InChI=1S/C17H18N4O4/c1-3-25-17(22)19-18-12-13-9-10-15(16(11-13)21(23)24)20(2)14-7-5-4-6-8-14/h4-12H,3H2,1-2H3,(H,19,22)/b18-12-. The van der Waals surface area contributed by atoms with Crippen LogP contribution in [0.25, 0.3) is 0 Å². The van der Waals surface area contributed by atoms with Gasteiger partial charge in [0.2, 0.25) is 0 Å². The van der Waals surface area contributed by atoms with Crippen LogP contribution in [-0.4, -0.2) is 30.9 Å². The van der Waals surface area contributed by atoms with E-state index in [2.05, 4.69) is 15.3 Å². The molecule has 0 radical (unpaired) electrons. The highest BCUT2D eigenvalue weighted by atomic mass is 16.6. The van der Waals surface area contributed by atoms with Crippen molar-refractivity contribution in [3.63, 3.8) is 0 Å². The van der Waals surface area contributed by atoms with Crippen molar-refractivity contribution >= 4 is 29.4 Å². The van der Waals surface area contributed by atoms with E-state index in [4.69, 9.17) is 0 Å². The minimum Gasteiger partial charge on any atom is -0.449 e. The number of hydrogen-bond donors (Lipinski definition) is 1. The summed E-state index contributed by atoms with van der Waals surface area (Å²) < 4.78 is 4.66. The molecule has 0 bridgehead atoms. The van der Waals surface area contributed by atoms with Crippen molar-refractivity contribution in [2.75, 3.05) is 18.6 Å². The molecule has 8 nitrogen and oxygen atoms in total. The van der Waals surface area contributed by atoms with Crippen molar-refractivity contribution in [2.24, 2.45) is 5.10 Å². The summed E-state index contributed by atoms with van der Waals surface area (Å²) in [6.45, 7) is 1.90. The number of nitro benzene ring substituents is 1. The Labute approximate surface area is 144 Å². The first kappa shape index (κ1) is 17.9. The Morgan fingerprint density at radius 2 is 2.04 bits per heavy atom. The molecule has 8 heteroatoms. The smallest absolute Gasteiger partial charge is 0.427 e. The van der Waals surface area contributed by atoms with E-state index in [1.807, 2.05) is 30.3 Å². The van der Waals surface area contributed by atoms with E-state index in [-0.39, 0.29) is 12.3 Å². The van der Waals surface area contributed by atoms with Gasteiger partial charge in [0.25, 0.3) is 5.69 Å². The zero-order valence-electron chi connectivity index (χ0n) is 13.9. The monoisotopic (exact) mass is 342 g/mol. The highest BCUT2D eigenvalue weighted by Gasteiger charge is 2.18. The number of ether oxygens (including phenoxy) is 1. The SMILES string of the molecule is CCOC(=O)N/N=C\c1ccc(N(C)c2ccccc2)c([N+](=O)[O-])c1. The van der Waals surface area contributed by atoms with E-state index in [9.17, 15) is 14.9 Å². The molecule has 0 aliphatic heterocycles. The Bertz CT molecular complexity index is 777. The molecule has 2 rings (SSSR count). The van der Waals surface area contributed by atoms with E-state index in [1.54, 1.807) is 31.0 Å². The van der Waals surface area contributed by atoms with Crippen LogP contribution in [-0.2, 0) is 4.74 Å². The number of nitro groups is 1. The summed E-state index contributed by atoms with van der Waals surface area (Å²) in [5.74, 6) is 0. The molecule has 0 unspecified atom stereocenters. The van der Waals surface area contributed by atoms with Crippen molar-refractivity contribution in [1.82, 2.24) is 5.43 Å². The lowest BCUT2D eigenvalue weighted by Crippen LogP contribution is -2.18. The molecular formula is C17H18N4O4. The Morgan fingerprint density at radius 1 is 1.32 bits per heavy atom. The molecule has 0 saturated heterocycles. The summed E-state index contributed by atoms with van der Waals surface area (Å²) in [4.78, 5) is 23.8. The second kappa shape index (κ2) is 8.44. The van der Waals surface area contributed by atoms with Gasteiger partial charge in [-0.25, -0.2) is 10.2 Å². The van der Waals surface area contributed by atoms with E-state index < -0.39 is 11.0 Å². The largest absolute Gasteiger partial charge is 0.449 e. The number of carbonyl (C=O) groups is 1. The van der Waals surface area contributed by atoms with Gasteiger partial charge in [-0.2, -0.15) is 5.10 Å². The lowest BCUT2D eigenvalue weighted by atomic mass is 10.1. The molecule has 0 heterocycles. The maximum absolute atomic E-state index is 11.4. The maximum atomic E-state index is 11.4. The number of anilines is 2. The van der Waals surface area contributed by atoms with E-state index in [0.717, 1.165) is 5.69 Å². The quantitative estimate of drug-likeness (QED) is 0.493. The van der Waals surface area contributed by atoms with Gasteiger partial charge in [-0.3, -0.25) is 10.1 Å². The van der Waals surface area contributed by atoms with Crippen LogP contribution in [0.1, 0.15) is 12.5 Å². The summed E-state index contributed by atoms with van der Waals surface area (Å²) in [7, 11) is 1.76. The second-order valence-electron chi connectivity index (χ2n) is 4.99. The van der Waals surface area contributed by atoms with Gasteiger partial charge < -0.3 is 9.64 Å². The molecule has 0 aromatic heterocycles. The van der Waals surface area contributed by atoms with Gasteiger partial charge in [-0.1, -0.05) is 24.3 Å². The number of hydrogen-bond acceptors (Lipinski definition) is 6. The summed E-state index contributed by atoms with van der Waals surface area (Å²) in [6, 6.07) is 14.0. The molecule has 0 aliphatic rings. The summed E-state index contributed by atoms with van der Waals surface area (Å²) in [5.41, 5.74) is 3.87. The fourth-order valence-corrected chi connectivity index (χ4v) is 2.16. The van der Waals surface area contributed by atoms with Crippen LogP contribution in [0.2, 0.25) is 0 Å². The van der Waals surface area contributed by atoms with Gasteiger partial charge in [0.05, 0.1) is 17.7 Å². The Kier molecular flexibility index (Phi) is 6.05. The first-order valence-electron chi connectivity index (χ1n) is 7.56. The number of para-hydroxylation sites is 1. The summed E-state index contributed by atoms with van der Waals surface area (Å²) in [5, 5.41) is 15.1. The van der Waals surface area contributed by atoms with Crippen LogP contribution in [0, 0.1) is 10.1 Å². The maximum Gasteiger partial charge on any atom is 0.427 e. The van der Waals surface area contributed by atoms with E-state index in [1.165, 1.54) is 12.3 Å². The third kappa shape index (κ3) is 4.77. The predicted octanol–water partition coefficient (Wildman–Crippen LogP) is 3.44. The van der Waals surface area contributed by atoms with Crippen LogP contribution in [0.3, 0.4) is 0 Å². The molecule has 130 valence electrons. The lowest BCUT2D eigenvalue weighted by molar-refractivity contribution is -0.384. The van der Waals surface area contributed by atoms with Gasteiger partial charge in [-0.15, -0.1) is 0 Å². The molecule has 2 aromatic carbocycles. The summed E-state index contributed by atoms with van der Waals surface area (Å²) in [6.07, 6.45) is 0.629. The average molecular weight is 342 g/mol. The topological polar surface area (TPSA) is 97.1 Å². The van der Waals surface area contributed by atoms with Crippen LogP contribution in [0.15, 0.2) is 53.6 Å². The first-order chi connectivity index (χ1) is 12.0. The number of nitrogens with one attached hydrogen (secondary N) is 1. The zero-order valence-corrected chi connectivity index (χ0v) is 13.9. The molecule has 0 spiro atoms. The molecule has 1 amide bonds. The second-order valence-corrected chi connectivity index (χ2v) is 4.99. The molecule has 0 fully saturated rings. The third-order valence-electron chi connectivity index (χ3n) is 3.35. The van der Waals surface area contributed by atoms with Gasteiger partial charge in [0.15, 0.2) is 0 Å². The predicted molar refractivity (Wildman–Crippen MR) is 95.4 cm³/mol. The number of benzene rings is 2. The molecule has 1 N–H and O–H groups in total. The molecular weight excluding hydrogens is 324 g/mol. The Balaban J connectivity index is 2.24. The van der Waals surface area contributed by atoms with Crippen LogP contribution >= 0.6 is 0 Å². The van der Waals surface area contributed by atoms with Crippen LogP contribution in [0.4, 0.5) is 21.9 Å². The normalized spacial score (nSPS) is 10.5. The third-order valence-corrected chi connectivity index (χ3v) is 3.35. The zero-order chi connectivity index (χ0) is 18.2. The van der Waals surface area contributed by atoms with Crippen molar-refractivity contribution < 1.29 is 14.5 Å². The van der Waals surface area contributed by atoms with E-state index >= 15 is 0 Å². The number of amides is 1. The van der Waals surface area contributed by atoms with Crippen molar-refractivity contribution in [1.29, 1.82) is 0 Å². The number of hydrazone groups is 1. The highest BCUT2D eigenvalue weighted by Crippen LogP contribution is 2.32. The highest BCUT2D eigenvalue weighted by molar-refractivity contribution is 5.85. The lowest BCUT2D eigenvalue weighted by Gasteiger charge is -2.19. The summed E-state index contributed by atoms with van der Waals surface area (Å²) >= 11 is 0. The fraction of sp³-hybridized carbons (Fsp3) is 0.176. The first-order valence-corrected chi connectivity index (χ1v) is 7.56. The Morgan fingerprint density at radius 3 is 2.68 bits per heavy atom. The number of carbonyl (C=O) groups excluding carboxylic acids is 1. The van der Waals surface area contributed by atoms with E-state index in [0.29, 0.717) is 11.3 Å². The minimum atomic E-state index is -0.686. The fourth-order valence-electron chi connectivity index (χ4n) is 2.16. The molecule has 0 saturated carbocycles.